The lowest BCUT2D eigenvalue weighted by Gasteiger charge is -2.17. The maximum absolute atomic E-state index is 5.83. The molecule has 0 saturated heterocycles. The van der Waals surface area contributed by atoms with E-state index in [0.717, 1.165) is 17.9 Å². The highest BCUT2D eigenvalue weighted by atomic mass is 16.5. The first-order chi connectivity index (χ1) is 15.3. The molecule has 1 aliphatic carbocycles. The molecule has 0 atom stereocenters. The quantitative estimate of drug-likeness (QED) is 0.293. The van der Waals surface area contributed by atoms with Crippen molar-refractivity contribution < 1.29 is 9.47 Å². The average molecular weight is 407 g/mol. The number of ether oxygens (including phenoxy) is 2. The number of rotatable bonds is 6. The van der Waals surface area contributed by atoms with Gasteiger partial charge in [-0.15, -0.1) is 0 Å². The zero-order valence-electron chi connectivity index (χ0n) is 18.0. The Balaban J connectivity index is 1.74. The smallest absolute Gasteiger partial charge is 0.119 e. The van der Waals surface area contributed by atoms with Crippen LogP contribution in [0, 0.1) is 0 Å². The van der Waals surface area contributed by atoms with Crippen molar-refractivity contribution in [3.05, 3.63) is 96.1 Å². The van der Waals surface area contributed by atoms with E-state index in [0.29, 0.717) is 13.2 Å². The lowest BCUT2D eigenvalue weighted by Crippen LogP contribution is -1.96. The summed E-state index contributed by atoms with van der Waals surface area (Å²) in [7, 11) is 0. The number of benzene rings is 4. The second-order valence-corrected chi connectivity index (χ2v) is 7.77. The van der Waals surface area contributed by atoms with Crippen molar-refractivity contribution in [2.75, 3.05) is 13.2 Å². The average Bonchev–Trinajstić information content (AvgIpc) is 3.18. The molecular formula is C29H26O2. The second kappa shape index (κ2) is 8.31. The summed E-state index contributed by atoms with van der Waals surface area (Å²) in [5.41, 5.74) is 10.3. The van der Waals surface area contributed by atoms with E-state index in [2.05, 4.69) is 72.8 Å². The van der Waals surface area contributed by atoms with Gasteiger partial charge >= 0.3 is 0 Å². The Bertz CT molecular complexity index is 1240. The number of hydrogen-bond acceptors (Lipinski definition) is 2. The largest absolute Gasteiger partial charge is 0.494 e. The lowest BCUT2D eigenvalue weighted by atomic mass is 9.88. The minimum Gasteiger partial charge on any atom is -0.494 e. The third kappa shape index (κ3) is 3.59. The minimum atomic E-state index is 0.658. The van der Waals surface area contributed by atoms with Crippen LogP contribution in [0.4, 0.5) is 0 Å². The van der Waals surface area contributed by atoms with Crippen LogP contribution in [0.15, 0.2) is 84.9 Å². The molecule has 0 saturated carbocycles. The van der Waals surface area contributed by atoms with Crippen LogP contribution in [0.25, 0.3) is 33.4 Å². The summed E-state index contributed by atoms with van der Waals surface area (Å²) in [5.74, 6) is 1.81. The van der Waals surface area contributed by atoms with Crippen LogP contribution >= 0.6 is 0 Å². The van der Waals surface area contributed by atoms with E-state index in [4.69, 9.17) is 9.47 Å². The molecule has 0 aromatic heterocycles. The van der Waals surface area contributed by atoms with E-state index in [1.165, 1.54) is 44.5 Å². The van der Waals surface area contributed by atoms with Crippen LogP contribution in [0.3, 0.4) is 0 Å². The van der Waals surface area contributed by atoms with Crippen molar-refractivity contribution in [2.24, 2.45) is 0 Å². The van der Waals surface area contributed by atoms with Crippen LogP contribution in [0.2, 0.25) is 0 Å². The summed E-state index contributed by atoms with van der Waals surface area (Å²) in [5, 5.41) is 0. The zero-order valence-corrected chi connectivity index (χ0v) is 18.0. The van der Waals surface area contributed by atoms with Gasteiger partial charge in [0.15, 0.2) is 0 Å². The topological polar surface area (TPSA) is 18.5 Å². The van der Waals surface area contributed by atoms with E-state index in [1.807, 2.05) is 26.0 Å². The summed E-state index contributed by atoms with van der Waals surface area (Å²) in [6.07, 6.45) is 0.943. The molecule has 0 spiro atoms. The van der Waals surface area contributed by atoms with Crippen molar-refractivity contribution in [3.63, 3.8) is 0 Å². The third-order valence-electron chi connectivity index (χ3n) is 5.88. The Morgan fingerprint density at radius 3 is 2.00 bits per heavy atom. The van der Waals surface area contributed by atoms with E-state index in [1.54, 1.807) is 0 Å². The van der Waals surface area contributed by atoms with Crippen molar-refractivity contribution in [2.45, 2.75) is 20.3 Å². The van der Waals surface area contributed by atoms with Crippen LogP contribution in [-0.2, 0) is 6.42 Å². The van der Waals surface area contributed by atoms with Gasteiger partial charge in [-0.1, -0.05) is 60.7 Å². The molecule has 0 N–H and O–H groups in total. The molecule has 0 radical (unpaired) electrons. The number of fused-ring (bicyclic) bond motifs is 3. The van der Waals surface area contributed by atoms with Gasteiger partial charge in [-0.3, -0.25) is 0 Å². The molecule has 154 valence electrons. The summed E-state index contributed by atoms with van der Waals surface area (Å²) in [4.78, 5) is 0. The van der Waals surface area contributed by atoms with Crippen molar-refractivity contribution in [1.29, 1.82) is 0 Å². The van der Waals surface area contributed by atoms with Crippen molar-refractivity contribution in [3.8, 4) is 44.9 Å². The molecule has 0 heterocycles. The fourth-order valence-electron chi connectivity index (χ4n) is 4.61. The Morgan fingerprint density at radius 1 is 0.613 bits per heavy atom. The molecule has 4 aromatic carbocycles. The first-order valence-electron chi connectivity index (χ1n) is 11.0. The van der Waals surface area contributed by atoms with Crippen molar-refractivity contribution >= 4 is 0 Å². The fourth-order valence-corrected chi connectivity index (χ4v) is 4.61. The molecule has 0 fully saturated rings. The maximum atomic E-state index is 5.83. The van der Waals surface area contributed by atoms with Gasteiger partial charge in [0.2, 0.25) is 0 Å². The Labute approximate surface area is 184 Å². The molecule has 0 aliphatic heterocycles. The first-order valence-corrected chi connectivity index (χ1v) is 11.0. The lowest BCUT2D eigenvalue weighted by molar-refractivity contribution is 0.340. The normalized spacial score (nSPS) is 11.7. The molecule has 0 amide bonds. The van der Waals surface area contributed by atoms with E-state index < -0.39 is 0 Å². The molecule has 2 heteroatoms. The van der Waals surface area contributed by atoms with Crippen LogP contribution in [-0.4, -0.2) is 13.2 Å². The predicted octanol–water partition coefficient (Wildman–Crippen LogP) is 7.39. The SMILES string of the molecule is CCOc1cccc(-c2ccc3c(c2-c2cccc(OCC)c2)Cc2ccccc2-3)c1. The summed E-state index contributed by atoms with van der Waals surface area (Å²) < 4.78 is 11.6. The molecule has 2 nitrogen and oxygen atoms in total. The van der Waals surface area contributed by atoms with Crippen LogP contribution in [0.5, 0.6) is 11.5 Å². The predicted molar refractivity (Wildman–Crippen MR) is 128 cm³/mol. The standard InChI is InChI=1S/C29H26O2/c1-3-30-23-12-7-10-20(17-23)26-15-16-27-25-14-6-5-9-21(25)19-28(27)29(26)22-11-8-13-24(18-22)31-4-2/h5-18H,3-4,19H2,1-2H3. The Morgan fingerprint density at radius 2 is 1.26 bits per heavy atom. The molecule has 0 unspecified atom stereocenters. The molecule has 0 bridgehead atoms. The Kier molecular flexibility index (Phi) is 5.21. The molecule has 1 aliphatic rings. The highest BCUT2D eigenvalue weighted by molar-refractivity contribution is 5.94. The number of hydrogen-bond donors (Lipinski definition) is 0. The van der Waals surface area contributed by atoms with E-state index >= 15 is 0 Å². The van der Waals surface area contributed by atoms with E-state index in [-0.39, 0.29) is 0 Å². The minimum absolute atomic E-state index is 0.658. The van der Waals surface area contributed by atoms with Gasteiger partial charge in [-0.2, -0.15) is 0 Å². The maximum Gasteiger partial charge on any atom is 0.119 e. The van der Waals surface area contributed by atoms with Gasteiger partial charge in [-0.25, -0.2) is 0 Å². The highest BCUT2D eigenvalue weighted by Crippen LogP contribution is 2.46. The summed E-state index contributed by atoms with van der Waals surface area (Å²) in [6, 6.07) is 30.1. The molecular weight excluding hydrogens is 380 g/mol. The third-order valence-corrected chi connectivity index (χ3v) is 5.88. The zero-order chi connectivity index (χ0) is 21.2. The summed E-state index contributed by atoms with van der Waals surface area (Å²) in [6.45, 7) is 5.36. The van der Waals surface area contributed by atoms with E-state index in [9.17, 15) is 0 Å². The van der Waals surface area contributed by atoms with Gasteiger partial charge in [0, 0.05) is 0 Å². The first kappa shape index (κ1) is 19.4. The highest BCUT2D eigenvalue weighted by Gasteiger charge is 2.24. The van der Waals surface area contributed by atoms with Gasteiger partial charge < -0.3 is 9.47 Å². The van der Waals surface area contributed by atoms with Gasteiger partial charge in [-0.05, 0) is 89.0 Å². The monoisotopic (exact) mass is 406 g/mol. The van der Waals surface area contributed by atoms with Crippen LogP contribution < -0.4 is 9.47 Å². The second-order valence-electron chi connectivity index (χ2n) is 7.77. The summed E-state index contributed by atoms with van der Waals surface area (Å²) >= 11 is 0. The van der Waals surface area contributed by atoms with Gasteiger partial charge in [0.25, 0.3) is 0 Å². The van der Waals surface area contributed by atoms with Crippen molar-refractivity contribution in [1.82, 2.24) is 0 Å². The van der Waals surface area contributed by atoms with Crippen LogP contribution in [0.1, 0.15) is 25.0 Å². The molecule has 4 aromatic rings. The molecule has 5 rings (SSSR count). The Hall–Kier alpha value is -3.52. The van der Waals surface area contributed by atoms with Gasteiger partial charge in [0.05, 0.1) is 13.2 Å². The fraction of sp³-hybridized carbons (Fsp3) is 0.172. The molecule has 31 heavy (non-hydrogen) atoms. The van der Waals surface area contributed by atoms with Gasteiger partial charge in [0.1, 0.15) is 11.5 Å².